The first-order valence-corrected chi connectivity index (χ1v) is 22.7. The number of benzene rings is 3. The van der Waals surface area contributed by atoms with E-state index in [0.717, 1.165) is 31.4 Å². The number of ether oxygens (including phenoxy) is 1. The number of likely N-dealkylation sites (tertiary alicyclic amines) is 1. The molecule has 3 aromatic carbocycles. The number of amides is 5. The van der Waals surface area contributed by atoms with E-state index in [4.69, 9.17) is 10.5 Å². The fourth-order valence-electron chi connectivity index (χ4n) is 7.53. The highest BCUT2D eigenvalue weighted by Gasteiger charge is 2.42. The molecule has 0 bridgehead atoms. The van der Waals surface area contributed by atoms with Crippen LogP contribution in [-0.2, 0) is 34.0 Å². The third-order valence-corrected chi connectivity index (χ3v) is 12.9. The molecule has 1 fully saturated rings. The Morgan fingerprint density at radius 1 is 0.949 bits per heavy atom. The summed E-state index contributed by atoms with van der Waals surface area (Å²) in [6.07, 6.45) is 7.64. The van der Waals surface area contributed by atoms with Crippen molar-refractivity contribution in [2.45, 2.75) is 92.6 Å². The lowest BCUT2D eigenvalue weighted by molar-refractivity contribution is -0.139. The van der Waals surface area contributed by atoms with Crippen molar-refractivity contribution in [2.75, 3.05) is 43.9 Å². The lowest BCUT2D eigenvalue weighted by atomic mass is 9.87. The van der Waals surface area contributed by atoms with Gasteiger partial charge in [-0.15, -0.1) is 11.8 Å². The molecule has 3 aromatic rings. The predicted molar refractivity (Wildman–Crippen MR) is 227 cm³/mol. The first-order chi connectivity index (χ1) is 28.3. The monoisotopic (exact) mass is 849 g/mol. The molecule has 0 saturated carbocycles. The number of rotatable bonds is 19. The van der Waals surface area contributed by atoms with Crippen molar-refractivity contribution in [3.63, 3.8) is 0 Å². The van der Waals surface area contributed by atoms with Gasteiger partial charge in [-0.2, -0.15) is 0 Å². The molecule has 2 atom stereocenters. The number of anilines is 2. The summed E-state index contributed by atoms with van der Waals surface area (Å²) in [7, 11) is -4.08. The summed E-state index contributed by atoms with van der Waals surface area (Å²) in [4.78, 5) is 68.2. The van der Waals surface area contributed by atoms with Crippen LogP contribution in [0.3, 0.4) is 0 Å². The molecule has 15 nitrogen and oxygen atoms in total. The summed E-state index contributed by atoms with van der Waals surface area (Å²) in [6.45, 7) is 3.55. The summed E-state index contributed by atoms with van der Waals surface area (Å²) in [5, 5.41) is 7.71. The van der Waals surface area contributed by atoms with E-state index in [2.05, 4.69) is 39.4 Å². The zero-order valence-electron chi connectivity index (χ0n) is 33.8. The fraction of sp³-hybridized carbons (Fsp3) is 0.452. The smallest absolute Gasteiger partial charge is 0.258 e. The van der Waals surface area contributed by atoms with E-state index in [1.165, 1.54) is 22.7 Å². The second kappa shape index (κ2) is 20.7. The van der Waals surface area contributed by atoms with Crippen LogP contribution in [0.2, 0.25) is 0 Å². The maximum absolute atomic E-state index is 14.4. The Kier molecular flexibility index (Phi) is 15.8. The van der Waals surface area contributed by atoms with E-state index < -0.39 is 70.3 Å². The normalized spacial score (nSPS) is 17.2. The van der Waals surface area contributed by atoms with Gasteiger partial charge in [0.1, 0.15) is 22.7 Å². The minimum atomic E-state index is -4.08. The number of fused-ring (bicyclic) bond motifs is 1. The highest BCUT2D eigenvalue weighted by Crippen LogP contribution is 2.44. The molecule has 17 heteroatoms. The summed E-state index contributed by atoms with van der Waals surface area (Å²) in [6, 6.07) is 19.4. The van der Waals surface area contributed by atoms with Gasteiger partial charge in [0.25, 0.3) is 5.91 Å². The number of carbonyl (C=O) groups excluding carboxylic acids is 5. The largest absolute Gasteiger partial charge is 0.483 e. The van der Waals surface area contributed by atoms with Crippen LogP contribution in [0.1, 0.15) is 76.8 Å². The van der Waals surface area contributed by atoms with Gasteiger partial charge in [-0.05, 0) is 55.7 Å². The molecule has 0 radical (unpaired) electrons. The van der Waals surface area contributed by atoms with Crippen LogP contribution >= 0.6 is 11.8 Å². The topological polar surface area (TPSA) is 209 Å². The number of carbonyl (C=O) groups is 5. The molecule has 2 heterocycles. The number of nitrogens with zero attached hydrogens (tertiary/aromatic N) is 2. The molecule has 5 amide bonds. The second-order valence-corrected chi connectivity index (χ2v) is 17.3. The van der Waals surface area contributed by atoms with Crippen LogP contribution in [0.5, 0.6) is 5.75 Å². The number of thioether (sulfide) groups is 1. The van der Waals surface area contributed by atoms with E-state index in [0.29, 0.717) is 54.9 Å². The number of hydrogen-bond acceptors (Lipinski definition) is 10. The van der Waals surface area contributed by atoms with Crippen molar-refractivity contribution < 1.29 is 37.1 Å². The highest BCUT2D eigenvalue weighted by atomic mass is 32.2. The van der Waals surface area contributed by atoms with E-state index in [9.17, 15) is 32.4 Å². The van der Waals surface area contributed by atoms with Crippen molar-refractivity contribution in [2.24, 2.45) is 5.73 Å². The number of para-hydroxylation sites is 1. The highest BCUT2D eigenvalue weighted by molar-refractivity contribution is 7.98. The minimum Gasteiger partial charge on any atom is -0.483 e. The number of hydrogen-bond donors (Lipinski definition) is 5. The number of nitrogens with two attached hydrogens (primary N) is 1. The van der Waals surface area contributed by atoms with E-state index in [1.54, 1.807) is 36.4 Å². The summed E-state index contributed by atoms with van der Waals surface area (Å²) in [5.41, 5.74) is 6.20. The quantitative estimate of drug-likeness (QED) is 0.110. The zero-order valence-corrected chi connectivity index (χ0v) is 35.5. The molecule has 2 aliphatic heterocycles. The van der Waals surface area contributed by atoms with Gasteiger partial charge in [-0.3, -0.25) is 24.0 Å². The Balaban J connectivity index is 1.35. The number of sulfonamides is 1. The van der Waals surface area contributed by atoms with Gasteiger partial charge >= 0.3 is 0 Å². The van der Waals surface area contributed by atoms with Gasteiger partial charge in [0.2, 0.25) is 33.7 Å². The van der Waals surface area contributed by atoms with Crippen molar-refractivity contribution in [3.8, 4) is 5.75 Å². The van der Waals surface area contributed by atoms with Gasteiger partial charge in [0.15, 0.2) is 6.61 Å². The molecule has 5 rings (SSSR count). The van der Waals surface area contributed by atoms with Gasteiger partial charge < -0.3 is 36.2 Å². The predicted octanol–water partition coefficient (Wildman–Crippen LogP) is 3.90. The number of unbranched alkanes of at least 4 members (excludes halogenated alkanes) is 2. The first-order valence-electron chi connectivity index (χ1n) is 20.0. The maximum atomic E-state index is 14.4. The van der Waals surface area contributed by atoms with Crippen molar-refractivity contribution in [1.82, 2.24) is 25.6 Å². The summed E-state index contributed by atoms with van der Waals surface area (Å²) >= 11 is 1.35. The molecular weight excluding hydrogens is 795 g/mol. The lowest BCUT2D eigenvalue weighted by Crippen LogP contribution is -2.53. The molecule has 2 aliphatic rings. The Hall–Kier alpha value is -5.13. The van der Waals surface area contributed by atoms with Gasteiger partial charge in [0, 0.05) is 24.8 Å². The Labute approximate surface area is 350 Å². The van der Waals surface area contributed by atoms with Gasteiger partial charge in [0.05, 0.1) is 29.2 Å². The molecule has 0 spiro atoms. The molecule has 59 heavy (non-hydrogen) atoms. The van der Waals surface area contributed by atoms with Crippen molar-refractivity contribution in [3.05, 3.63) is 78.4 Å². The molecule has 318 valence electrons. The molecule has 0 aromatic heterocycles. The maximum Gasteiger partial charge on any atom is 0.258 e. The number of nitrogens with one attached hydrogen (secondary N) is 4. The molecule has 0 unspecified atom stereocenters. The average molecular weight is 850 g/mol. The Bertz CT molecular complexity index is 2060. The van der Waals surface area contributed by atoms with E-state index in [-0.39, 0.29) is 17.2 Å². The van der Waals surface area contributed by atoms with Crippen LogP contribution in [0.4, 0.5) is 11.4 Å². The van der Waals surface area contributed by atoms with Crippen LogP contribution in [-0.4, -0.2) is 93.5 Å². The minimum absolute atomic E-state index is 0.0289. The zero-order chi connectivity index (χ0) is 42.6. The Morgan fingerprint density at radius 3 is 2.24 bits per heavy atom. The standard InChI is InChI=1S/C42H55N7O8S2/c1-4-6-20-42(21-7-5-2)28-49(30-17-12-9-13-18-30)32-23-34(58-3)33(24-35(32)59(55,56)47-42)57-27-37(51)46-39(29-15-10-8-11-16-29)41(54)45-26-38(52)48-22-14-19-31(48)40(53)44-25-36(43)50/h8-13,15-18,23-24,31,39,47H,4-7,14,19-22,25-28H2,1-3H3,(H2,43,50)(H,44,53)(H,45,54)(H,46,51)/t31-,39+/m0/s1. The van der Waals surface area contributed by atoms with Crippen LogP contribution in [0.15, 0.2) is 82.6 Å². The molecule has 6 N–H and O–H groups in total. The van der Waals surface area contributed by atoms with Crippen LogP contribution in [0, 0.1) is 0 Å². The third-order valence-electron chi connectivity index (χ3n) is 10.5. The van der Waals surface area contributed by atoms with Gasteiger partial charge in [-0.25, -0.2) is 13.1 Å². The average Bonchev–Trinajstić information content (AvgIpc) is 3.71. The molecule has 1 saturated heterocycles. The third kappa shape index (κ3) is 11.5. The molecule has 0 aliphatic carbocycles. The summed E-state index contributed by atoms with van der Waals surface area (Å²) in [5.74, 6) is -2.88. The van der Waals surface area contributed by atoms with Crippen LogP contribution < -0.4 is 36.0 Å². The van der Waals surface area contributed by atoms with E-state index >= 15 is 0 Å². The Morgan fingerprint density at radius 2 is 1.61 bits per heavy atom. The van der Waals surface area contributed by atoms with Crippen molar-refractivity contribution in [1.29, 1.82) is 0 Å². The second-order valence-electron chi connectivity index (χ2n) is 14.8. The fourth-order valence-corrected chi connectivity index (χ4v) is 9.73. The summed E-state index contributed by atoms with van der Waals surface area (Å²) < 4.78 is 38.0. The van der Waals surface area contributed by atoms with E-state index in [1.807, 2.05) is 36.6 Å². The first kappa shape index (κ1) is 45.0. The molecular formula is C42H55N7O8S2. The van der Waals surface area contributed by atoms with Crippen molar-refractivity contribution >= 4 is 62.7 Å². The number of primary amides is 1. The van der Waals surface area contributed by atoms with Crippen LogP contribution in [0.25, 0.3) is 0 Å². The van der Waals surface area contributed by atoms with Gasteiger partial charge in [-0.1, -0.05) is 88.1 Å². The lowest BCUT2D eigenvalue weighted by Gasteiger charge is -2.37. The SMILES string of the molecule is CCCCC1(CCCC)CN(c2ccccc2)c2cc(SC)c(OCC(=O)N[C@@H](C(=O)NCC(=O)N3CCC[C@H]3C(=O)NCC(N)=O)c3ccccc3)cc2S(=O)(=O)N1.